The molecule has 1 saturated carbocycles. The molecule has 0 aliphatic heterocycles. The monoisotopic (exact) mass is 178 g/mol. The van der Waals surface area contributed by atoms with E-state index in [0.717, 1.165) is 17.6 Å². The molecule has 0 N–H and O–H groups in total. The Morgan fingerprint density at radius 3 is 2.38 bits per heavy atom. The lowest BCUT2D eigenvalue weighted by Gasteiger charge is -2.38. The number of rotatable bonds is 0. The predicted molar refractivity (Wildman–Crippen MR) is 66.0 cm³/mol. The van der Waals surface area contributed by atoms with Gasteiger partial charge in [0.2, 0.25) is 0 Å². The molecule has 0 saturated heterocycles. The SMILES string of the molecule is B[C@H]1CC(C)CC[C@@H](B)C(C)(C)C1. The molecule has 13 heavy (non-hydrogen) atoms. The van der Waals surface area contributed by atoms with Gasteiger partial charge in [-0.3, -0.25) is 0 Å². The molecule has 0 spiro atoms. The summed E-state index contributed by atoms with van der Waals surface area (Å²) in [5.41, 5.74) is 0.569. The summed E-state index contributed by atoms with van der Waals surface area (Å²) in [5, 5.41) is 0. The van der Waals surface area contributed by atoms with Crippen molar-refractivity contribution in [2.45, 2.75) is 58.1 Å². The van der Waals surface area contributed by atoms with Gasteiger partial charge in [0, 0.05) is 0 Å². The van der Waals surface area contributed by atoms with Crippen LogP contribution in [0.15, 0.2) is 0 Å². The molecular formula is C11H24B2. The third kappa shape index (κ3) is 3.07. The third-order valence-electron chi connectivity index (χ3n) is 4.11. The second-order valence-electron chi connectivity index (χ2n) is 6.12. The zero-order valence-corrected chi connectivity index (χ0v) is 10.1. The Kier molecular flexibility index (Phi) is 3.54. The van der Waals surface area contributed by atoms with Crippen molar-refractivity contribution in [2.75, 3.05) is 0 Å². The molecule has 74 valence electrons. The highest BCUT2D eigenvalue weighted by Gasteiger charge is 2.30. The van der Waals surface area contributed by atoms with E-state index in [2.05, 4.69) is 36.5 Å². The Labute approximate surface area is 85.7 Å². The fraction of sp³-hybridized carbons (Fsp3) is 1.00. The topological polar surface area (TPSA) is 0 Å². The standard InChI is InChI=1S/C11H24B2/c1-8-4-5-10(13)11(2,3)7-9(12)6-8/h8-10H,4-7,12-13H2,1-3H3/t8?,9-,10+/m0/s1. The second-order valence-corrected chi connectivity index (χ2v) is 6.12. The lowest BCUT2D eigenvalue weighted by Crippen LogP contribution is -2.25. The number of hydrogen-bond donors (Lipinski definition) is 0. The maximum Gasteiger partial charge on any atom is 0.106 e. The van der Waals surface area contributed by atoms with Crippen molar-refractivity contribution in [3.05, 3.63) is 0 Å². The summed E-state index contributed by atoms with van der Waals surface area (Å²) in [5.74, 6) is 2.78. The quantitative estimate of drug-likeness (QED) is 0.498. The molecule has 2 heteroatoms. The van der Waals surface area contributed by atoms with Crippen LogP contribution in [-0.4, -0.2) is 15.7 Å². The minimum absolute atomic E-state index is 0.569. The zero-order valence-electron chi connectivity index (χ0n) is 10.1. The molecular weight excluding hydrogens is 154 g/mol. The first kappa shape index (κ1) is 11.2. The van der Waals surface area contributed by atoms with Crippen LogP contribution >= 0.6 is 0 Å². The van der Waals surface area contributed by atoms with Crippen LogP contribution < -0.4 is 0 Å². The largest absolute Gasteiger partial charge is 0.106 e. The lowest BCUT2D eigenvalue weighted by atomic mass is 9.56. The molecule has 0 aromatic carbocycles. The van der Waals surface area contributed by atoms with Crippen molar-refractivity contribution < 1.29 is 0 Å². The van der Waals surface area contributed by atoms with Gasteiger partial charge in [-0.2, -0.15) is 0 Å². The van der Waals surface area contributed by atoms with Crippen LogP contribution in [0.25, 0.3) is 0 Å². The van der Waals surface area contributed by atoms with E-state index in [1.165, 1.54) is 25.7 Å². The summed E-state index contributed by atoms with van der Waals surface area (Å²) in [4.78, 5) is 0. The third-order valence-corrected chi connectivity index (χ3v) is 4.11. The average molecular weight is 178 g/mol. The van der Waals surface area contributed by atoms with Gasteiger partial charge in [0.1, 0.15) is 15.7 Å². The van der Waals surface area contributed by atoms with Crippen LogP contribution in [0, 0.1) is 11.3 Å². The Balaban J connectivity index is 2.62. The average Bonchev–Trinajstić information content (AvgIpc) is 1.97. The summed E-state index contributed by atoms with van der Waals surface area (Å²) in [7, 11) is 4.86. The Morgan fingerprint density at radius 2 is 1.77 bits per heavy atom. The molecule has 1 aliphatic carbocycles. The van der Waals surface area contributed by atoms with Gasteiger partial charge >= 0.3 is 0 Å². The van der Waals surface area contributed by atoms with E-state index in [-0.39, 0.29) is 0 Å². The van der Waals surface area contributed by atoms with Crippen LogP contribution in [0.2, 0.25) is 11.6 Å². The summed E-state index contributed by atoms with van der Waals surface area (Å²) < 4.78 is 0. The molecule has 0 aromatic heterocycles. The van der Waals surface area contributed by atoms with Gasteiger partial charge in [0.15, 0.2) is 0 Å². The van der Waals surface area contributed by atoms with Gasteiger partial charge in [-0.15, -0.1) is 0 Å². The molecule has 0 nitrogen and oxygen atoms in total. The fourth-order valence-corrected chi connectivity index (χ4v) is 2.91. The maximum atomic E-state index is 2.45. The molecule has 1 aliphatic rings. The fourth-order valence-electron chi connectivity index (χ4n) is 2.91. The molecule has 0 bridgehead atoms. The van der Waals surface area contributed by atoms with Crippen LogP contribution in [0.1, 0.15) is 46.5 Å². The molecule has 0 radical (unpaired) electrons. The first-order chi connectivity index (χ1) is 5.92. The highest BCUT2D eigenvalue weighted by Crippen LogP contribution is 2.44. The van der Waals surface area contributed by atoms with E-state index in [9.17, 15) is 0 Å². The molecule has 0 aromatic rings. The molecule has 1 fully saturated rings. The lowest BCUT2D eigenvalue weighted by molar-refractivity contribution is 0.245. The van der Waals surface area contributed by atoms with Gasteiger partial charge in [-0.25, -0.2) is 0 Å². The summed E-state index contributed by atoms with van der Waals surface area (Å²) in [6, 6.07) is 0. The first-order valence-corrected chi connectivity index (χ1v) is 5.92. The van der Waals surface area contributed by atoms with E-state index < -0.39 is 0 Å². The zero-order chi connectivity index (χ0) is 10.1. The Hall–Kier alpha value is 0.130. The predicted octanol–water partition coefficient (Wildman–Crippen LogP) is 2.07. The molecule has 0 heterocycles. The van der Waals surface area contributed by atoms with Crippen LogP contribution in [0.5, 0.6) is 0 Å². The minimum atomic E-state index is 0.569. The first-order valence-electron chi connectivity index (χ1n) is 5.92. The Bertz CT molecular complexity index is 165. The molecule has 0 amide bonds. The van der Waals surface area contributed by atoms with E-state index in [0.29, 0.717) is 5.41 Å². The van der Waals surface area contributed by atoms with Crippen molar-refractivity contribution in [3.8, 4) is 0 Å². The minimum Gasteiger partial charge on any atom is -0.0690 e. The summed E-state index contributed by atoms with van der Waals surface area (Å²) >= 11 is 0. The highest BCUT2D eigenvalue weighted by molar-refractivity contribution is 6.13. The van der Waals surface area contributed by atoms with Crippen molar-refractivity contribution in [3.63, 3.8) is 0 Å². The van der Waals surface area contributed by atoms with E-state index in [1.54, 1.807) is 0 Å². The normalized spacial score (nSPS) is 40.7. The van der Waals surface area contributed by atoms with Crippen LogP contribution in [-0.2, 0) is 0 Å². The van der Waals surface area contributed by atoms with Crippen LogP contribution in [0.4, 0.5) is 0 Å². The summed E-state index contributed by atoms with van der Waals surface area (Å²) in [6.07, 6.45) is 5.73. The number of hydrogen-bond acceptors (Lipinski definition) is 0. The Morgan fingerprint density at radius 1 is 1.15 bits per heavy atom. The summed E-state index contributed by atoms with van der Waals surface area (Å²) in [6.45, 7) is 7.32. The van der Waals surface area contributed by atoms with E-state index in [1.807, 2.05) is 0 Å². The second kappa shape index (κ2) is 4.11. The highest BCUT2D eigenvalue weighted by atomic mass is 14.3. The van der Waals surface area contributed by atoms with Crippen molar-refractivity contribution in [2.24, 2.45) is 11.3 Å². The van der Waals surface area contributed by atoms with Gasteiger partial charge in [0.25, 0.3) is 0 Å². The van der Waals surface area contributed by atoms with Gasteiger partial charge < -0.3 is 0 Å². The smallest absolute Gasteiger partial charge is 0.0690 e. The molecule has 1 rings (SSSR count). The van der Waals surface area contributed by atoms with Gasteiger partial charge in [-0.1, -0.05) is 58.1 Å². The van der Waals surface area contributed by atoms with E-state index >= 15 is 0 Å². The van der Waals surface area contributed by atoms with Gasteiger partial charge in [0.05, 0.1) is 0 Å². The van der Waals surface area contributed by atoms with Crippen LogP contribution in [0.3, 0.4) is 0 Å². The molecule has 3 atom stereocenters. The van der Waals surface area contributed by atoms with Crippen molar-refractivity contribution >= 4 is 15.7 Å². The van der Waals surface area contributed by atoms with Crippen molar-refractivity contribution in [1.82, 2.24) is 0 Å². The van der Waals surface area contributed by atoms with Gasteiger partial charge in [-0.05, 0) is 11.3 Å². The molecule has 1 unspecified atom stereocenters. The maximum absolute atomic E-state index is 2.45. The van der Waals surface area contributed by atoms with E-state index in [4.69, 9.17) is 0 Å². The van der Waals surface area contributed by atoms with Crippen molar-refractivity contribution in [1.29, 1.82) is 0 Å².